The number of esters is 2. The fourth-order valence-electron chi connectivity index (χ4n) is 4.13. The maximum Gasteiger partial charge on any atom is 0.334 e. The van der Waals surface area contributed by atoms with E-state index in [1.165, 1.54) is 12.5 Å². The van der Waals surface area contributed by atoms with Crippen molar-refractivity contribution in [2.75, 3.05) is 0 Å². The lowest BCUT2D eigenvalue weighted by molar-refractivity contribution is -0.147. The molecule has 0 aromatic rings. The van der Waals surface area contributed by atoms with Crippen molar-refractivity contribution >= 4 is 11.9 Å². The Hall–Kier alpha value is -1.58. The van der Waals surface area contributed by atoms with E-state index >= 15 is 0 Å². The summed E-state index contributed by atoms with van der Waals surface area (Å²) in [6, 6.07) is 0. The minimum atomic E-state index is -0.269. The van der Waals surface area contributed by atoms with Crippen molar-refractivity contribution in [2.24, 2.45) is 23.7 Å². The van der Waals surface area contributed by atoms with Gasteiger partial charge in [-0.05, 0) is 24.7 Å². The third kappa shape index (κ3) is 2.30. The van der Waals surface area contributed by atoms with Gasteiger partial charge in [0.2, 0.25) is 0 Å². The van der Waals surface area contributed by atoms with Crippen molar-refractivity contribution in [3.05, 3.63) is 23.8 Å². The van der Waals surface area contributed by atoms with E-state index in [-0.39, 0.29) is 36.0 Å². The fourth-order valence-corrected chi connectivity index (χ4v) is 4.13. The minimum absolute atomic E-state index is 0.0153. The Morgan fingerprint density at radius 2 is 2.10 bits per heavy atom. The normalized spacial score (nSPS) is 41.8. The summed E-state index contributed by atoms with van der Waals surface area (Å²) >= 11 is 0. The van der Waals surface area contributed by atoms with Gasteiger partial charge in [-0.1, -0.05) is 32.1 Å². The highest BCUT2D eigenvalue weighted by Gasteiger charge is 2.47. The third-order valence-corrected chi connectivity index (χ3v) is 5.30. The van der Waals surface area contributed by atoms with Gasteiger partial charge >= 0.3 is 11.9 Å². The SMILES string of the molecule is C=C1C(=O)OC2CC(C)C3CC(OC(C)=O)C(C)C3=CC12. The fraction of sp³-hybridized carbons (Fsp3) is 0.647. The largest absolute Gasteiger partial charge is 0.462 e. The van der Waals surface area contributed by atoms with Gasteiger partial charge in [0, 0.05) is 24.3 Å². The van der Waals surface area contributed by atoms with Gasteiger partial charge in [0.1, 0.15) is 12.2 Å². The molecule has 1 aliphatic heterocycles. The van der Waals surface area contributed by atoms with Gasteiger partial charge in [-0.15, -0.1) is 0 Å². The van der Waals surface area contributed by atoms with Crippen LogP contribution in [0, 0.1) is 23.7 Å². The smallest absolute Gasteiger partial charge is 0.334 e. The maximum atomic E-state index is 11.7. The van der Waals surface area contributed by atoms with Crippen LogP contribution in [0.15, 0.2) is 23.8 Å². The molecule has 1 saturated heterocycles. The van der Waals surface area contributed by atoms with Crippen molar-refractivity contribution in [2.45, 2.75) is 45.8 Å². The van der Waals surface area contributed by atoms with Crippen LogP contribution in [0.2, 0.25) is 0 Å². The Morgan fingerprint density at radius 1 is 1.38 bits per heavy atom. The molecule has 0 bridgehead atoms. The van der Waals surface area contributed by atoms with Gasteiger partial charge in [-0.2, -0.15) is 0 Å². The van der Waals surface area contributed by atoms with Crippen molar-refractivity contribution in [1.29, 1.82) is 0 Å². The molecule has 0 N–H and O–H groups in total. The zero-order valence-electron chi connectivity index (χ0n) is 12.8. The van der Waals surface area contributed by atoms with E-state index in [0.29, 0.717) is 17.4 Å². The molecule has 4 heteroatoms. The molecule has 6 atom stereocenters. The van der Waals surface area contributed by atoms with Gasteiger partial charge in [-0.3, -0.25) is 4.79 Å². The highest BCUT2D eigenvalue weighted by molar-refractivity contribution is 5.91. The van der Waals surface area contributed by atoms with Crippen molar-refractivity contribution in [3.8, 4) is 0 Å². The van der Waals surface area contributed by atoms with Gasteiger partial charge in [0.25, 0.3) is 0 Å². The summed E-state index contributed by atoms with van der Waals surface area (Å²) < 4.78 is 10.9. The van der Waals surface area contributed by atoms with Gasteiger partial charge in [0.05, 0.1) is 0 Å². The number of hydrogen-bond donors (Lipinski definition) is 0. The van der Waals surface area contributed by atoms with Crippen LogP contribution in [0.5, 0.6) is 0 Å². The molecule has 0 aromatic carbocycles. The predicted octanol–water partition coefficient (Wildman–Crippen LogP) is 2.64. The molecule has 0 spiro atoms. The summed E-state index contributed by atoms with van der Waals surface area (Å²) in [5, 5.41) is 0. The average Bonchev–Trinajstić information content (AvgIpc) is 2.78. The van der Waals surface area contributed by atoms with Gasteiger partial charge < -0.3 is 9.47 Å². The monoisotopic (exact) mass is 290 g/mol. The molecule has 0 aromatic heterocycles. The van der Waals surface area contributed by atoms with Crippen LogP contribution in [0.4, 0.5) is 0 Å². The molecule has 114 valence electrons. The van der Waals surface area contributed by atoms with Crippen LogP contribution >= 0.6 is 0 Å². The molecule has 21 heavy (non-hydrogen) atoms. The number of rotatable bonds is 1. The van der Waals surface area contributed by atoms with E-state index in [4.69, 9.17) is 9.47 Å². The number of carbonyl (C=O) groups is 2. The van der Waals surface area contributed by atoms with Crippen molar-refractivity contribution in [3.63, 3.8) is 0 Å². The highest BCUT2D eigenvalue weighted by Crippen LogP contribution is 2.49. The van der Waals surface area contributed by atoms with Crippen LogP contribution in [0.3, 0.4) is 0 Å². The predicted molar refractivity (Wildman–Crippen MR) is 77.2 cm³/mol. The maximum absolute atomic E-state index is 11.7. The zero-order valence-corrected chi connectivity index (χ0v) is 12.8. The summed E-state index contributed by atoms with van der Waals surface area (Å²) in [4.78, 5) is 23.0. The van der Waals surface area contributed by atoms with Crippen LogP contribution in [0.25, 0.3) is 0 Å². The topological polar surface area (TPSA) is 52.6 Å². The van der Waals surface area contributed by atoms with Crippen LogP contribution in [-0.4, -0.2) is 24.1 Å². The van der Waals surface area contributed by atoms with Crippen molar-refractivity contribution in [1.82, 2.24) is 0 Å². The lowest BCUT2D eigenvalue weighted by Gasteiger charge is -2.21. The van der Waals surface area contributed by atoms with E-state index < -0.39 is 0 Å². The van der Waals surface area contributed by atoms with Crippen molar-refractivity contribution < 1.29 is 19.1 Å². The first-order valence-electron chi connectivity index (χ1n) is 7.67. The quantitative estimate of drug-likeness (QED) is 0.423. The molecule has 0 radical (unpaired) electrons. The standard InChI is InChI=1S/C17H22O4/c1-8-5-16-14(10(3)17(19)21-16)6-13-9(2)15(7-12(8)13)20-11(4)18/h6,8-9,12,14-16H,3,5,7H2,1-2,4H3. The molecule has 2 aliphatic carbocycles. The summed E-state index contributed by atoms with van der Waals surface area (Å²) in [7, 11) is 0. The first kappa shape index (κ1) is 14.4. The van der Waals surface area contributed by atoms with E-state index in [0.717, 1.165) is 12.8 Å². The first-order valence-corrected chi connectivity index (χ1v) is 7.67. The molecule has 1 heterocycles. The molecule has 0 amide bonds. The average molecular weight is 290 g/mol. The Labute approximate surface area is 125 Å². The zero-order chi connectivity index (χ0) is 15.3. The molecule has 6 unspecified atom stereocenters. The van der Waals surface area contributed by atoms with Crippen LogP contribution < -0.4 is 0 Å². The van der Waals surface area contributed by atoms with E-state index in [1.807, 2.05) is 0 Å². The van der Waals surface area contributed by atoms with Crippen LogP contribution in [0.1, 0.15) is 33.6 Å². The number of hydrogen-bond acceptors (Lipinski definition) is 4. The molecule has 1 saturated carbocycles. The number of ether oxygens (including phenoxy) is 2. The Morgan fingerprint density at radius 3 is 2.76 bits per heavy atom. The lowest BCUT2D eigenvalue weighted by atomic mass is 9.86. The Balaban J connectivity index is 1.92. The molecule has 3 aliphatic rings. The molecular formula is C17H22O4. The Kier molecular flexibility index (Phi) is 3.42. The second-order valence-electron chi connectivity index (χ2n) is 6.65. The summed E-state index contributed by atoms with van der Waals surface area (Å²) in [5.41, 5.74) is 1.86. The minimum Gasteiger partial charge on any atom is -0.462 e. The highest BCUT2D eigenvalue weighted by atomic mass is 16.6. The van der Waals surface area contributed by atoms with Gasteiger partial charge in [-0.25, -0.2) is 4.79 Å². The first-order chi connectivity index (χ1) is 9.88. The lowest BCUT2D eigenvalue weighted by Crippen LogP contribution is -2.22. The second kappa shape index (κ2) is 5.00. The van der Waals surface area contributed by atoms with E-state index in [9.17, 15) is 9.59 Å². The Bertz CT molecular complexity index is 533. The summed E-state index contributed by atoms with van der Waals surface area (Å²) in [6.07, 6.45) is 3.76. The molecule has 2 fully saturated rings. The number of fused-ring (bicyclic) bond motifs is 2. The second-order valence-corrected chi connectivity index (χ2v) is 6.65. The van der Waals surface area contributed by atoms with Gasteiger partial charge in [0.15, 0.2) is 0 Å². The third-order valence-electron chi connectivity index (χ3n) is 5.30. The summed E-state index contributed by atoms with van der Waals surface area (Å²) in [5.74, 6) is 0.504. The summed E-state index contributed by atoms with van der Waals surface area (Å²) in [6.45, 7) is 9.64. The molecule has 4 nitrogen and oxygen atoms in total. The molecular weight excluding hydrogens is 268 g/mol. The van der Waals surface area contributed by atoms with E-state index in [1.54, 1.807) is 0 Å². The molecule has 3 rings (SSSR count). The number of carbonyl (C=O) groups excluding carboxylic acids is 2. The van der Waals surface area contributed by atoms with Crippen LogP contribution in [-0.2, 0) is 19.1 Å². The van der Waals surface area contributed by atoms with E-state index in [2.05, 4.69) is 26.5 Å².